The largest absolute Gasteiger partial charge is 0.396 e. The molecule has 2 aliphatic heterocycles. The molecule has 0 saturated carbocycles. The first kappa shape index (κ1) is 24.8. The van der Waals surface area contributed by atoms with Crippen LogP contribution in [-0.4, -0.2) is 41.3 Å². The number of amides is 1. The average Bonchev–Trinajstić information content (AvgIpc) is 2.82. The van der Waals surface area contributed by atoms with Crippen molar-refractivity contribution in [3.63, 3.8) is 0 Å². The monoisotopic (exact) mass is 496 g/mol. The number of nitrogens with zero attached hydrogens (tertiary/aromatic N) is 2. The molecule has 6 heteroatoms. The molecule has 0 bridgehead atoms. The van der Waals surface area contributed by atoms with E-state index >= 15 is 0 Å². The Morgan fingerprint density at radius 1 is 1.26 bits per heavy atom. The van der Waals surface area contributed by atoms with Gasteiger partial charge in [-0.25, -0.2) is 0 Å². The van der Waals surface area contributed by atoms with E-state index in [1.807, 2.05) is 17.9 Å². The predicted molar refractivity (Wildman–Crippen MR) is 139 cm³/mol. The first-order valence-corrected chi connectivity index (χ1v) is 12.6. The quantitative estimate of drug-likeness (QED) is 0.506. The van der Waals surface area contributed by atoms with Crippen molar-refractivity contribution < 1.29 is 9.90 Å². The van der Waals surface area contributed by atoms with Crippen molar-refractivity contribution in [3.8, 4) is 12.3 Å². The number of allylic oxidation sites excluding steroid dienone is 6. The number of piperidine rings is 1. The molecule has 4 rings (SSSR count). The summed E-state index contributed by atoms with van der Waals surface area (Å²) < 4.78 is 0. The number of aliphatic hydroxyl groups is 1. The normalized spacial score (nSPS) is 20.9. The van der Waals surface area contributed by atoms with Crippen LogP contribution in [0.15, 0.2) is 51.7 Å². The number of likely N-dealkylation sites (tertiary alicyclic amines) is 1. The molecule has 4 nitrogen and oxygen atoms in total. The Morgan fingerprint density at radius 3 is 2.68 bits per heavy atom. The lowest BCUT2D eigenvalue weighted by atomic mass is 9.82. The highest BCUT2D eigenvalue weighted by Gasteiger charge is 2.28. The van der Waals surface area contributed by atoms with E-state index in [2.05, 4.69) is 18.9 Å². The molecule has 1 N–H and O–H groups in total. The molecule has 1 unspecified atom stereocenters. The van der Waals surface area contributed by atoms with Gasteiger partial charge in [0.1, 0.15) is 0 Å². The van der Waals surface area contributed by atoms with Gasteiger partial charge in [-0.15, -0.1) is 6.42 Å². The zero-order valence-corrected chi connectivity index (χ0v) is 21.2. The van der Waals surface area contributed by atoms with Crippen LogP contribution in [0.3, 0.4) is 0 Å². The summed E-state index contributed by atoms with van der Waals surface area (Å²) in [6.07, 6.45) is 13.6. The van der Waals surface area contributed by atoms with E-state index in [0.717, 1.165) is 53.8 Å². The van der Waals surface area contributed by atoms with Crippen LogP contribution in [0.25, 0.3) is 0 Å². The lowest BCUT2D eigenvalue weighted by Crippen LogP contribution is -2.38. The number of halogens is 2. The first-order chi connectivity index (χ1) is 16.3. The van der Waals surface area contributed by atoms with Gasteiger partial charge in [0.2, 0.25) is 0 Å². The van der Waals surface area contributed by atoms with Crippen LogP contribution in [0.4, 0.5) is 0 Å². The number of aliphatic hydroxyl groups excluding tert-OH is 1. The molecule has 2 heterocycles. The minimum absolute atomic E-state index is 0.0656. The highest BCUT2D eigenvalue weighted by atomic mass is 35.5. The van der Waals surface area contributed by atoms with Gasteiger partial charge < -0.3 is 10.0 Å². The number of hydrogen-bond acceptors (Lipinski definition) is 3. The van der Waals surface area contributed by atoms with Crippen LogP contribution in [0.2, 0.25) is 10.0 Å². The Morgan fingerprint density at radius 2 is 2.00 bits per heavy atom. The molecular formula is C28H30Cl2N2O2. The lowest BCUT2D eigenvalue weighted by molar-refractivity contribution is 0.0678. The first-order valence-electron chi connectivity index (χ1n) is 11.8. The Bertz CT molecular complexity index is 1160. The van der Waals surface area contributed by atoms with Crippen molar-refractivity contribution in [1.29, 1.82) is 0 Å². The third-order valence-corrected chi connectivity index (χ3v) is 7.93. The number of terminal acetylenes is 1. The number of rotatable bonds is 5. The number of fused-ring (bicyclic) bond motifs is 1. The number of benzene rings is 1. The van der Waals surface area contributed by atoms with Crippen molar-refractivity contribution in [2.45, 2.75) is 46.0 Å². The molecule has 1 saturated heterocycles. The molecule has 178 valence electrons. The average molecular weight is 497 g/mol. The number of carbonyl (C=O) groups is 1. The highest BCUT2D eigenvalue weighted by molar-refractivity contribution is 6.38. The molecule has 1 aliphatic carbocycles. The molecular weight excluding hydrogens is 467 g/mol. The minimum atomic E-state index is -0.0656. The van der Waals surface area contributed by atoms with Crippen molar-refractivity contribution >= 4 is 34.8 Å². The minimum Gasteiger partial charge on any atom is -0.396 e. The van der Waals surface area contributed by atoms with Crippen LogP contribution < -0.4 is 0 Å². The van der Waals surface area contributed by atoms with Crippen LogP contribution in [-0.2, 0) is 6.42 Å². The van der Waals surface area contributed by atoms with E-state index in [4.69, 9.17) is 34.6 Å². The van der Waals surface area contributed by atoms with Gasteiger partial charge in [-0.1, -0.05) is 40.8 Å². The van der Waals surface area contributed by atoms with E-state index in [1.54, 1.807) is 12.1 Å². The lowest BCUT2D eigenvalue weighted by Gasteiger charge is -2.32. The van der Waals surface area contributed by atoms with E-state index in [1.165, 1.54) is 5.57 Å². The summed E-state index contributed by atoms with van der Waals surface area (Å²) in [5, 5.41) is 10.1. The molecule has 1 amide bonds. The standard InChI is InChI=1S/C28H30Cl2N2O2/c1-4-19-13-18(3)27-21(15-19)14-17(2)25(31-27)16-23-24(29)6-5-22(26(23)30)28(34)32-10-7-20(8-11-32)9-12-33/h1,5-6,13,15,20-21,33H,7-12,14,16H2,2-3H3. The van der Waals surface area contributed by atoms with Crippen LogP contribution in [0.5, 0.6) is 0 Å². The summed E-state index contributed by atoms with van der Waals surface area (Å²) in [5.41, 5.74) is 6.34. The summed E-state index contributed by atoms with van der Waals surface area (Å²) in [6, 6.07) is 3.48. The van der Waals surface area contributed by atoms with Gasteiger partial charge in [0.05, 0.1) is 16.3 Å². The predicted octanol–water partition coefficient (Wildman–Crippen LogP) is 6.02. The molecule has 1 aromatic rings. The van der Waals surface area contributed by atoms with Crippen LogP contribution in [0.1, 0.15) is 55.5 Å². The van der Waals surface area contributed by atoms with Crippen molar-refractivity contribution in [2.75, 3.05) is 19.7 Å². The number of hydrogen-bond donors (Lipinski definition) is 1. The van der Waals surface area contributed by atoms with E-state index in [-0.39, 0.29) is 18.4 Å². The van der Waals surface area contributed by atoms with Gasteiger partial charge in [-0.05, 0) is 74.8 Å². The highest BCUT2D eigenvalue weighted by Crippen LogP contribution is 2.37. The molecule has 1 atom stereocenters. The zero-order chi connectivity index (χ0) is 24.4. The van der Waals surface area contributed by atoms with Crippen molar-refractivity contribution in [2.24, 2.45) is 16.8 Å². The van der Waals surface area contributed by atoms with E-state index < -0.39 is 0 Å². The second kappa shape index (κ2) is 10.5. The van der Waals surface area contributed by atoms with Gasteiger partial charge >= 0.3 is 0 Å². The Labute approximate surface area is 212 Å². The second-order valence-corrected chi connectivity index (χ2v) is 10.2. The van der Waals surface area contributed by atoms with Crippen LogP contribution >= 0.6 is 23.2 Å². The van der Waals surface area contributed by atoms with Crippen molar-refractivity contribution in [3.05, 3.63) is 67.9 Å². The maximum absolute atomic E-state index is 13.3. The number of aliphatic imine (C=N–C) groups is 1. The molecule has 0 spiro atoms. The van der Waals surface area contributed by atoms with Gasteiger partial charge in [0.25, 0.3) is 5.91 Å². The van der Waals surface area contributed by atoms with Crippen molar-refractivity contribution in [1.82, 2.24) is 4.90 Å². The Balaban J connectivity index is 1.57. The van der Waals surface area contributed by atoms with Gasteiger partial charge in [-0.2, -0.15) is 0 Å². The fraction of sp³-hybridized carbons (Fsp3) is 0.429. The molecule has 3 aliphatic rings. The zero-order valence-electron chi connectivity index (χ0n) is 19.7. The maximum atomic E-state index is 13.3. The van der Waals surface area contributed by atoms with E-state index in [0.29, 0.717) is 41.0 Å². The van der Waals surface area contributed by atoms with Gasteiger partial charge in [-0.3, -0.25) is 9.79 Å². The van der Waals surface area contributed by atoms with Gasteiger partial charge in [0.15, 0.2) is 0 Å². The maximum Gasteiger partial charge on any atom is 0.255 e. The molecule has 0 aromatic heterocycles. The topological polar surface area (TPSA) is 52.9 Å². The molecule has 0 radical (unpaired) electrons. The fourth-order valence-electron chi connectivity index (χ4n) is 5.11. The second-order valence-electron chi connectivity index (χ2n) is 9.44. The summed E-state index contributed by atoms with van der Waals surface area (Å²) >= 11 is 13.4. The SMILES string of the molecule is C#CC1=CC2CC(C)=C(Cc3c(Cl)ccc(C(=O)N4CCC(CCO)CC4)c3Cl)N=C2C(C)=C1. The molecule has 1 fully saturated rings. The fourth-order valence-corrected chi connectivity index (χ4v) is 5.69. The summed E-state index contributed by atoms with van der Waals surface area (Å²) in [5.74, 6) is 3.32. The summed E-state index contributed by atoms with van der Waals surface area (Å²) in [6.45, 7) is 5.67. The summed E-state index contributed by atoms with van der Waals surface area (Å²) in [7, 11) is 0. The van der Waals surface area contributed by atoms with Crippen LogP contribution in [0, 0.1) is 24.2 Å². The van der Waals surface area contributed by atoms with Gasteiger partial charge in [0, 0.05) is 48.3 Å². The third-order valence-electron chi connectivity index (χ3n) is 7.15. The third kappa shape index (κ3) is 5.03. The smallest absolute Gasteiger partial charge is 0.255 e. The van der Waals surface area contributed by atoms with E-state index in [9.17, 15) is 9.90 Å². The molecule has 34 heavy (non-hydrogen) atoms. The molecule has 1 aromatic carbocycles. The number of carbonyl (C=O) groups excluding carboxylic acids is 1. The Hall–Kier alpha value is -2.32. The Kier molecular flexibility index (Phi) is 7.67. The summed E-state index contributed by atoms with van der Waals surface area (Å²) in [4.78, 5) is 20.1.